The lowest BCUT2D eigenvalue weighted by Crippen LogP contribution is -2.42. The van der Waals surface area contributed by atoms with E-state index in [9.17, 15) is 8.42 Å². The molecule has 1 aliphatic heterocycles. The van der Waals surface area contributed by atoms with Crippen LogP contribution in [0.15, 0.2) is 18.5 Å². The standard InChI is InChI=1S/C12H20N2O2S/c1-3-14-6-4-11(9-14)8-13-12(2)5-7-17(15,16)10-12/h4,6,9,13H,3,5,7-8,10H2,1-2H3. The van der Waals surface area contributed by atoms with Crippen molar-refractivity contribution in [2.24, 2.45) is 0 Å². The van der Waals surface area contributed by atoms with Gasteiger partial charge in [0.15, 0.2) is 9.84 Å². The van der Waals surface area contributed by atoms with Gasteiger partial charge in [-0.1, -0.05) is 0 Å². The smallest absolute Gasteiger partial charge is 0.152 e. The van der Waals surface area contributed by atoms with Crippen molar-refractivity contribution in [1.82, 2.24) is 9.88 Å². The van der Waals surface area contributed by atoms with Gasteiger partial charge in [-0.25, -0.2) is 8.42 Å². The molecule has 1 fully saturated rings. The zero-order valence-electron chi connectivity index (χ0n) is 10.4. The zero-order valence-corrected chi connectivity index (χ0v) is 11.3. The molecule has 0 amide bonds. The third-order valence-corrected chi connectivity index (χ3v) is 5.30. The van der Waals surface area contributed by atoms with Crippen molar-refractivity contribution >= 4 is 9.84 Å². The first-order valence-corrected chi connectivity index (χ1v) is 7.85. The number of hydrogen-bond donors (Lipinski definition) is 1. The quantitative estimate of drug-likeness (QED) is 0.880. The highest BCUT2D eigenvalue weighted by Crippen LogP contribution is 2.23. The number of hydrogen-bond acceptors (Lipinski definition) is 3. The van der Waals surface area contributed by atoms with E-state index in [0.29, 0.717) is 12.2 Å². The molecule has 1 N–H and O–H groups in total. The van der Waals surface area contributed by atoms with E-state index in [1.807, 2.05) is 13.1 Å². The lowest BCUT2D eigenvalue weighted by molar-refractivity contribution is 0.395. The van der Waals surface area contributed by atoms with Gasteiger partial charge in [-0.3, -0.25) is 0 Å². The van der Waals surface area contributed by atoms with Gasteiger partial charge in [0.25, 0.3) is 0 Å². The molecule has 0 spiro atoms. The number of nitrogens with zero attached hydrogens (tertiary/aromatic N) is 1. The van der Waals surface area contributed by atoms with E-state index in [1.54, 1.807) is 0 Å². The van der Waals surface area contributed by atoms with Crippen molar-refractivity contribution in [2.45, 2.75) is 38.9 Å². The van der Waals surface area contributed by atoms with Crippen molar-refractivity contribution in [3.8, 4) is 0 Å². The molecule has 2 heterocycles. The van der Waals surface area contributed by atoms with Gasteiger partial charge in [0.2, 0.25) is 0 Å². The van der Waals surface area contributed by atoms with Gasteiger partial charge in [-0.05, 0) is 31.9 Å². The summed E-state index contributed by atoms with van der Waals surface area (Å²) < 4.78 is 25.0. The van der Waals surface area contributed by atoms with Crippen LogP contribution < -0.4 is 5.32 Å². The zero-order chi connectivity index (χ0) is 12.5. The largest absolute Gasteiger partial charge is 0.354 e. The first-order valence-electron chi connectivity index (χ1n) is 6.03. The van der Waals surface area contributed by atoms with Crippen LogP contribution in [-0.2, 0) is 22.9 Å². The second-order valence-corrected chi connectivity index (χ2v) is 7.29. The van der Waals surface area contributed by atoms with E-state index in [2.05, 4.69) is 29.1 Å². The maximum absolute atomic E-state index is 11.5. The summed E-state index contributed by atoms with van der Waals surface area (Å²) in [6, 6.07) is 2.07. The van der Waals surface area contributed by atoms with Crippen LogP contribution in [0.3, 0.4) is 0 Å². The number of aryl methyl sites for hydroxylation is 1. The fourth-order valence-corrected chi connectivity index (χ4v) is 4.38. The van der Waals surface area contributed by atoms with E-state index in [-0.39, 0.29) is 11.3 Å². The minimum absolute atomic E-state index is 0.257. The summed E-state index contributed by atoms with van der Waals surface area (Å²) in [4.78, 5) is 0. The maximum atomic E-state index is 11.5. The third-order valence-electron chi connectivity index (χ3n) is 3.40. The van der Waals surface area contributed by atoms with Crippen molar-refractivity contribution in [3.05, 3.63) is 24.0 Å². The second kappa shape index (κ2) is 4.46. The predicted octanol–water partition coefficient (Wildman–Crippen LogP) is 1.17. The second-order valence-electron chi connectivity index (χ2n) is 5.11. The van der Waals surface area contributed by atoms with Crippen LogP contribution in [-0.4, -0.2) is 30.0 Å². The van der Waals surface area contributed by atoms with Crippen LogP contribution in [0, 0.1) is 0 Å². The molecule has 1 unspecified atom stereocenters. The number of nitrogens with one attached hydrogen (secondary N) is 1. The minimum atomic E-state index is -2.83. The molecule has 5 heteroatoms. The van der Waals surface area contributed by atoms with Crippen LogP contribution in [0.25, 0.3) is 0 Å². The van der Waals surface area contributed by atoms with Gasteiger partial charge in [0.05, 0.1) is 11.5 Å². The van der Waals surface area contributed by atoms with Gasteiger partial charge in [0, 0.05) is 31.0 Å². The molecule has 0 radical (unpaired) electrons. The van der Waals surface area contributed by atoms with Crippen molar-refractivity contribution in [2.75, 3.05) is 11.5 Å². The number of aromatic nitrogens is 1. The maximum Gasteiger partial charge on any atom is 0.152 e. The van der Waals surface area contributed by atoms with Crippen LogP contribution in [0.4, 0.5) is 0 Å². The van der Waals surface area contributed by atoms with E-state index in [1.165, 1.54) is 5.56 Å². The highest BCUT2D eigenvalue weighted by molar-refractivity contribution is 7.91. The Morgan fingerprint density at radius 2 is 2.29 bits per heavy atom. The third kappa shape index (κ3) is 3.10. The van der Waals surface area contributed by atoms with Crippen LogP contribution in [0.2, 0.25) is 0 Å². The Bertz CT molecular complexity index is 492. The molecule has 4 nitrogen and oxygen atoms in total. The molecule has 96 valence electrons. The van der Waals surface area contributed by atoms with E-state index in [0.717, 1.165) is 13.1 Å². The Kier molecular flexibility index (Phi) is 3.32. The molecule has 0 aliphatic carbocycles. The predicted molar refractivity (Wildman–Crippen MR) is 68.6 cm³/mol. The van der Waals surface area contributed by atoms with Gasteiger partial charge in [-0.15, -0.1) is 0 Å². The summed E-state index contributed by atoms with van der Waals surface area (Å²) in [5, 5.41) is 3.37. The summed E-state index contributed by atoms with van der Waals surface area (Å²) in [5.41, 5.74) is 0.949. The van der Waals surface area contributed by atoms with Crippen molar-refractivity contribution in [3.63, 3.8) is 0 Å². The van der Waals surface area contributed by atoms with Crippen LogP contribution >= 0.6 is 0 Å². The summed E-state index contributed by atoms with van der Waals surface area (Å²) >= 11 is 0. The Morgan fingerprint density at radius 1 is 1.53 bits per heavy atom. The van der Waals surface area contributed by atoms with Gasteiger partial charge >= 0.3 is 0 Å². The Morgan fingerprint density at radius 3 is 2.82 bits per heavy atom. The normalized spacial score (nSPS) is 27.4. The molecule has 1 aromatic rings. The lowest BCUT2D eigenvalue weighted by Gasteiger charge is -2.23. The average Bonchev–Trinajstić information content (AvgIpc) is 2.81. The van der Waals surface area contributed by atoms with Crippen LogP contribution in [0.1, 0.15) is 25.8 Å². The lowest BCUT2D eigenvalue weighted by atomic mass is 10.0. The van der Waals surface area contributed by atoms with Gasteiger partial charge < -0.3 is 9.88 Å². The van der Waals surface area contributed by atoms with E-state index in [4.69, 9.17) is 0 Å². The number of sulfone groups is 1. The minimum Gasteiger partial charge on any atom is -0.354 e. The fourth-order valence-electron chi connectivity index (χ4n) is 2.26. The Labute approximate surface area is 103 Å². The summed E-state index contributed by atoms with van der Waals surface area (Å²) in [6.45, 7) is 5.79. The van der Waals surface area contributed by atoms with Crippen LogP contribution in [0.5, 0.6) is 0 Å². The summed E-state index contributed by atoms with van der Waals surface area (Å²) in [6.07, 6.45) is 4.86. The molecule has 2 rings (SSSR count). The molecular formula is C12H20N2O2S. The molecule has 1 aromatic heterocycles. The topological polar surface area (TPSA) is 51.1 Å². The van der Waals surface area contributed by atoms with Gasteiger partial charge in [0.1, 0.15) is 0 Å². The molecule has 1 saturated heterocycles. The molecule has 0 bridgehead atoms. The Hall–Kier alpha value is -0.810. The van der Waals surface area contributed by atoms with E-state index < -0.39 is 9.84 Å². The summed E-state index contributed by atoms with van der Waals surface area (Å²) in [7, 11) is -2.83. The average molecular weight is 256 g/mol. The first kappa shape index (κ1) is 12.6. The molecule has 1 aliphatic rings. The van der Waals surface area contributed by atoms with E-state index >= 15 is 0 Å². The highest BCUT2D eigenvalue weighted by Gasteiger charge is 2.37. The van der Waals surface area contributed by atoms with Crippen molar-refractivity contribution in [1.29, 1.82) is 0 Å². The summed E-state index contributed by atoms with van der Waals surface area (Å²) in [5.74, 6) is 0.570. The molecule has 1 atom stereocenters. The SMILES string of the molecule is CCn1ccc(CNC2(C)CCS(=O)(=O)C2)c1. The molecular weight excluding hydrogens is 236 g/mol. The fraction of sp³-hybridized carbons (Fsp3) is 0.667. The monoisotopic (exact) mass is 256 g/mol. The molecule has 0 saturated carbocycles. The molecule has 17 heavy (non-hydrogen) atoms. The first-order chi connectivity index (χ1) is 7.92. The van der Waals surface area contributed by atoms with Crippen molar-refractivity contribution < 1.29 is 8.42 Å². The highest BCUT2D eigenvalue weighted by atomic mass is 32.2. The molecule has 0 aromatic carbocycles. The Balaban J connectivity index is 1.94. The van der Waals surface area contributed by atoms with Gasteiger partial charge in [-0.2, -0.15) is 0 Å². The number of rotatable bonds is 4.